The van der Waals surface area contributed by atoms with E-state index in [0.717, 1.165) is 29.5 Å². The van der Waals surface area contributed by atoms with Gasteiger partial charge < -0.3 is 19.3 Å². The maximum atomic E-state index is 13.8. The minimum Gasteiger partial charge on any atom is -0.380 e. The Balaban J connectivity index is 0.000000682. The van der Waals surface area contributed by atoms with Crippen LogP contribution in [0.2, 0.25) is 5.02 Å². The van der Waals surface area contributed by atoms with Crippen LogP contribution in [0.25, 0.3) is 10.8 Å². The van der Waals surface area contributed by atoms with E-state index < -0.39 is 31.5 Å². The van der Waals surface area contributed by atoms with Gasteiger partial charge in [-0.1, -0.05) is 23.7 Å². The highest BCUT2D eigenvalue weighted by atomic mass is 35.5. The van der Waals surface area contributed by atoms with Crippen LogP contribution in [-0.2, 0) is 34.4 Å². The van der Waals surface area contributed by atoms with Crippen LogP contribution in [0.4, 0.5) is 5.69 Å². The quantitative estimate of drug-likeness (QED) is 0.408. The summed E-state index contributed by atoms with van der Waals surface area (Å²) in [6.45, 7) is 1.79. The maximum Gasteiger partial charge on any atom is 0.261 e. The summed E-state index contributed by atoms with van der Waals surface area (Å²) in [6, 6.07) is 14.2. The molecule has 232 valence electrons. The third-order valence-electron chi connectivity index (χ3n) is 7.86. The van der Waals surface area contributed by atoms with Crippen LogP contribution in [-0.4, -0.2) is 106 Å². The van der Waals surface area contributed by atoms with E-state index in [9.17, 15) is 21.6 Å². The first-order valence-electron chi connectivity index (χ1n) is 13.5. The van der Waals surface area contributed by atoms with E-state index in [1.165, 1.54) is 4.31 Å². The Hall–Kier alpha value is -2.85. The summed E-state index contributed by atoms with van der Waals surface area (Å²) < 4.78 is 66.9. The van der Waals surface area contributed by atoms with Crippen molar-refractivity contribution in [3.63, 3.8) is 0 Å². The van der Waals surface area contributed by atoms with Crippen molar-refractivity contribution < 1.29 is 35.7 Å². The number of anilines is 1. The standard InChI is InChI=1S/C27H29ClN4O5S.CH4O3S/c1-36-19-27-18-31(38(34,35)24-5-3-20-14-22(28)4-2-21(20)15-24)16-25(33)32(27)17-26(37-27)8-12-30(13-9-26)23-6-10-29-11-7-23;1-5(2,3)4/h2-7,10-11,14-15H,8-9,12-13,16-19H2,1H3;1H3,(H,2,3,4). The Morgan fingerprint density at radius 2 is 1.63 bits per heavy atom. The number of benzene rings is 2. The number of carbonyl (C=O) groups is 1. The van der Waals surface area contributed by atoms with Crippen molar-refractivity contribution in [3.8, 4) is 0 Å². The van der Waals surface area contributed by atoms with E-state index >= 15 is 0 Å². The zero-order valence-electron chi connectivity index (χ0n) is 23.7. The Bertz CT molecular complexity index is 1710. The molecule has 3 fully saturated rings. The Kier molecular flexibility index (Phi) is 8.75. The minimum atomic E-state index is -3.98. The summed E-state index contributed by atoms with van der Waals surface area (Å²) >= 11 is 6.08. The van der Waals surface area contributed by atoms with Gasteiger partial charge in [0, 0.05) is 43.3 Å². The average Bonchev–Trinajstić information content (AvgIpc) is 3.27. The monoisotopic (exact) mass is 652 g/mol. The molecule has 1 amide bonds. The summed E-state index contributed by atoms with van der Waals surface area (Å²) in [5.41, 5.74) is -0.636. The van der Waals surface area contributed by atoms with Gasteiger partial charge in [0.25, 0.3) is 10.1 Å². The average molecular weight is 653 g/mol. The van der Waals surface area contributed by atoms with Crippen LogP contribution < -0.4 is 4.90 Å². The number of carbonyl (C=O) groups excluding carboxylic acids is 1. The topological polar surface area (TPSA) is 147 Å². The molecule has 3 aliphatic heterocycles. The highest BCUT2D eigenvalue weighted by molar-refractivity contribution is 7.89. The fourth-order valence-electron chi connectivity index (χ4n) is 5.96. The molecule has 3 saturated heterocycles. The lowest BCUT2D eigenvalue weighted by Gasteiger charge is -2.44. The van der Waals surface area contributed by atoms with Gasteiger partial charge in [-0.15, -0.1) is 0 Å². The highest BCUT2D eigenvalue weighted by Crippen LogP contribution is 2.44. The number of ether oxygens (including phenoxy) is 2. The molecule has 1 N–H and O–H groups in total. The molecule has 4 heterocycles. The first-order valence-corrected chi connectivity index (χ1v) is 17.2. The predicted molar refractivity (Wildman–Crippen MR) is 161 cm³/mol. The second-order valence-corrected chi connectivity index (χ2v) is 14.8. The number of nitrogens with zero attached hydrogens (tertiary/aromatic N) is 4. The van der Waals surface area contributed by atoms with Crippen LogP contribution in [0.1, 0.15) is 12.8 Å². The van der Waals surface area contributed by atoms with E-state index in [2.05, 4.69) is 9.88 Å². The minimum absolute atomic E-state index is 0.00336. The number of piperidine rings is 1. The largest absolute Gasteiger partial charge is 0.380 e. The molecule has 6 rings (SSSR count). The zero-order chi connectivity index (χ0) is 31.0. The molecule has 43 heavy (non-hydrogen) atoms. The lowest BCUT2D eigenvalue weighted by Crippen LogP contribution is -2.65. The fourth-order valence-corrected chi connectivity index (χ4v) is 7.61. The fraction of sp³-hybridized carbons (Fsp3) is 0.429. The van der Waals surface area contributed by atoms with Gasteiger partial charge in [0.15, 0.2) is 5.72 Å². The number of sulfonamides is 1. The molecular weight excluding hydrogens is 620 g/mol. The van der Waals surface area contributed by atoms with E-state index in [1.807, 2.05) is 12.1 Å². The molecule has 0 bridgehead atoms. The number of methoxy groups -OCH3 is 1. The van der Waals surface area contributed by atoms with Crippen molar-refractivity contribution in [2.45, 2.75) is 29.1 Å². The van der Waals surface area contributed by atoms with E-state index in [-0.39, 0.29) is 30.5 Å². The summed E-state index contributed by atoms with van der Waals surface area (Å²) in [5.74, 6) is -0.280. The number of rotatable bonds is 5. The van der Waals surface area contributed by atoms with Crippen LogP contribution in [0.15, 0.2) is 65.8 Å². The van der Waals surface area contributed by atoms with Gasteiger partial charge >= 0.3 is 0 Å². The van der Waals surface area contributed by atoms with Crippen molar-refractivity contribution in [1.29, 1.82) is 0 Å². The normalized spacial score (nSPS) is 22.4. The third-order valence-corrected chi connectivity index (χ3v) is 9.89. The second kappa shape index (κ2) is 11.9. The molecule has 1 unspecified atom stereocenters. The number of amides is 1. The molecule has 1 spiro atoms. The van der Waals surface area contributed by atoms with Gasteiger partial charge in [0.2, 0.25) is 15.9 Å². The number of piperazine rings is 1. The van der Waals surface area contributed by atoms with E-state index in [4.69, 9.17) is 25.6 Å². The van der Waals surface area contributed by atoms with Gasteiger partial charge in [0.1, 0.15) is 0 Å². The Morgan fingerprint density at radius 1 is 1.00 bits per heavy atom. The van der Waals surface area contributed by atoms with Crippen molar-refractivity contribution in [1.82, 2.24) is 14.2 Å². The van der Waals surface area contributed by atoms with Gasteiger partial charge in [-0.25, -0.2) is 8.42 Å². The number of halogens is 1. The zero-order valence-corrected chi connectivity index (χ0v) is 26.1. The summed E-state index contributed by atoms with van der Waals surface area (Å²) in [4.78, 5) is 21.7. The predicted octanol–water partition coefficient (Wildman–Crippen LogP) is 2.64. The van der Waals surface area contributed by atoms with Gasteiger partial charge in [-0.2, -0.15) is 12.7 Å². The van der Waals surface area contributed by atoms with Crippen LogP contribution >= 0.6 is 11.6 Å². The lowest BCUT2D eigenvalue weighted by molar-refractivity contribution is -0.194. The van der Waals surface area contributed by atoms with Crippen LogP contribution in [0.5, 0.6) is 0 Å². The lowest BCUT2D eigenvalue weighted by atomic mass is 9.91. The summed E-state index contributed by atoms with van der Waals surface area (Å²) in [7, 11) is -6.10. The van der Waals surface area contributed by atoms with Crippen molar-refractivity contribution >= 4 is 54.1 Å². The van der Waals surface area contributed by atoms with Crippen molar-refractivity contribution in [3.05, 3.63) is 65.9 Å². The molecule has 1 aromatic heterocycles. The van der Waals surface area contributed by atoms with Crippen LogP contribution in [0, 0.1) is 0 Å². The molecule has 2 aromatic carbocycles. The summed E-state index contributed by atoms with van der Waals surface area (Å²) in [5, 5.41) is 2.17. The molecule has 1 atom stereocenters. The number of hydrogen-bond acceptors (Lipinski definition) is 9. The number of pyridine rings is 1. The van der Waals surface area contributed by atoms with Crippen molar-refractivity contribution in [2.75, 3.05) is 57.6 Å². The summed E-state index contributed by atoms with van der Waals surface area (Å²) in [6.07, 6.45) is 5.69. The first-order chi connectivity index (χ1) is 20.2. The van der Waals surface area contributed by atoms with E-state index in [1.54, 1.807) is 60.8 Å². The van der Waals surface area contributed by atoms with Gasteiger partial charge in [-0.3, -0.25) is 14.3 Å². The SMILES string of the molecule is COCC12CN(S(=O)(=O)c3ccc4cc(Cl)ccc4c3)CC(=O)N1CC1(CCN(c3ccncc3)CC1)O2.CS(=O)(=O)O. The van der Waals surface area contributed by atoms with Gasteiger partial charge in [-0.05, 0) is 60.0 Å². The highest BCUT2D eigenvalue weighted by Gasteiger charge is 2.60. The van der Waals surface area contributed by atoms with Crippen molar-refractivity contribution in [2.24, 2.45) is 0 Å². The first kappa shape index (κ1) is 31.6. The Labute approximate surface area is 255 Å². The molecule has 0 radical (unpaired) electrons. The Morgan fingerprint density at radius 3 is 2.28 bits per heavy atom. The number of hydrogen-bond donors (Lipinski definition) is 1. The molecular formula is C28H33ClN4O8S2. The molecule has 3 aliphatic rings. The number of fused-ring (bicyclic) bond motifs is 2. The molecule has 12 nitrogen and oxygen atoms in total. The van der Waals surface area contributed by atoms with Crippen LogP contribution in [0.3, 0.4) is 0 Å². The molecule has 0 saturated carbocycles. The van der Waals surface area contributed by atoms with Gasteiger partial charge in [0.05, 0.1) is 43.0 Å². The number of aromatic nitrogens is 1. The van der Waals surface area contributed by atoms with E-state index in [0.29, 0.717) is 30.7 Å². The molecule has 15 heteroatoms. The molecule has 3 aromatic rings. The third kappa shape index (κ3) is 6.80. The second-order valence-electron chi connectivity index (χ2n) is 11.0. The maximum absolute atomic E-state index is 13.8. The smallest absolute Gasteiger partial charge is 0.261 e. The molecule has 0 aliphatic carbocycles.